The number of benzene rings is 1. The summed E-state index contributed by atoms with van der Waals surface area (Å²) in [6.45, 7) is 0.362. The number of aromatic nitrogens is 1. The average Bonchev–Trinajstić information content (AvgIpc) is 3.15. The lowest BCUT2D eigenvalue weighted by atomic mass is 10.3. The molecule has 0 radical (unpaired) electrons. The summed E-state index contributed by atoms with van der Waals surface area (Å²) >= 11 is 6.46. The fourth-order valence-electron chi connectivity index (χ4n) is 2.07. The molecule has 26 heavy (non-hydrogen) atoms. The maximum absolute atomic E-state index is 12.4. The molecule has 3 rings (SSSR count). The van der Waals surface area contributed by atoms with Crippen LogP contribution in [0.5, 0.6) is 5.75 Å². The third-order valence-electron chi connectivity index (χ3n) is 3.30. The standard InChI is InChI=1S/C18H16N4O2S2/c23-17(21-22-18(25)20-14-4-2-1-3-5-14)16-15(8-11-26-16)24-12-13-6-9-19-10-7-13/h1-11H,12H2,(H,21,23)(H2,20,22,25). The molecule has 8 heteroatoms. The summed E-state index contributed by atoms with van der Waals surface area (Å²) in [6, 6.07) is 14.9. The number of hydrazine groups is 1. The first kappa shape index (κ1) is 17.8. The number of hydrogen-bond donors (Lipinski definition) is 3. The number of pyridine rings is 1. The average molecular weight is 384 g/mol. The molecule has 0 unspecified atom stereocenters. The van der Waals surface area contributed by atoms with Crippen LogP contribution < -0.4 is 20.9 Å². The molecule has 2 heterocycles. The van der Waals surface area contributed by atoms with Crippen LogP contribution in [0.25, 0.3) is 0 Å². The molecule has 0 aliphatic heterocycles. The van der Waals surface area contributed by atoms with Crippen LogP contribution in [0.1, 0.15) is 15.2 Å². The van der Waals surface area contributed by atoms with Gasteiger partial charge >= 0.3 is 0 Å². The molecule has 0 saturated heterocycles. The third kappa shape index (κ3) is 5.01. The first-order chi connectivity index (χ1) is 12.7. The molecule has 0 saturated carbocycles. The van der Waals surface area contributed by atoms with Gasteiger partial charge in [0.2, 0.25) is 0 Å². The van der Waals surface area contributed by atoms with Gasteiger partial charge in [-0.1, -0.05) is 18.2 Å². The van der Waals surface area contributed by atoms with Crippen molar-refractivity contribution in [3.63, 3.8) is 0 Å². The Morgan fingerprint density at radius 1 is 1.08 bits per heavy atom. The van der Waals surface area contributed by atoms with Crippen LogP contribution in [0.2, 0.25) is 0 Å². The highest BCUT2D eigenvalue weighted by Gasteiger charge is 2.15. The predicted molar refractivity (Wildman–Crippen MR) is 106 cm³/mol. The van der Waals surface area contributed by atoms with Gasteiger partial charge in [-0.2, -0.15) is 0 Å². The number of thiocarbonyl (C=S) groups is 1. The molecule has 0 aliphatic rings. The smallest absolute Gasteiger partial charge is 0.283 e. The van der Waals surface area contributed by atoms with Crippen molar-refractivity contribution in [2.24, 2.45) is 0 Å². The van der Waals surface area contributed by atoms with E-state index in [2.05, 4.69) is 21.2 Å². The van der Waals surface area contributed by atoms with Crippen LogP contribution in [-0.4, -0.2) is 16.0 Å². The molecule has 1 amide bonds. The zero-order valence-corrected chi connectivity index (χ0v) is 15.3. The maximum Gasteiger partial charge on any atom is 0.283 e. The van der Waals surface area contributed by atoms with Crippen molar-refractivity contribution in [2.75, 3.05) is 5.32 Å². The highest BCUT2D eigenvalue weighted by molar-refractivity contribution is 7.80. The van der Waals surface area contributed by atoms with Gasteiger partial charge in [0.1, 0.15) is 17.2 Å². The molecule has 0 aliphatic carbocycles. The fraction of sp³-hybridized carbons (Fsp3) is 0.0556. The van der Waals surface area contributed by atoms with E-state index < -0.39 is 0 Å². The fourth-order valence-corrected chi connectivity index (χ4v) is 2.97. The molecule has 0 atom stereocenters. The van der Waals surface area contributed by atoms with Crippen molar-refractivity contribution in [3.8, 4) is 5.75 Å². The van der Waals surface area contributed by atoms with E-state index in [1.807, 2.05) is 42.5 Å². The number of nitrogens with one attached hydrogen (secondary N) is 3. The van der Waals surface area contributed by atoms with Crippen molar-refractivity contribution >= 4 is 40.3 Å². The van der Waals surface area contributed by atoms with Gasteiger partial charge in [-0.25, -0.2) is 0 Å². The number of thiophene rings is 1. The monoisotopic (exact) mass is 384 g/mol. The molecule has 3 aromatic rings. The Morgan fingerprint density at radius 2 is 1.85 bits per heavy atom. The topological polar surface area (TPSA) is 75.3 Å². The van der Waals surface area contributed by atoms with Gasteiger partial charge in [-0.05, 0) is 53.5 Å². The summed E-state index contributed by atoms with van der Waals surface area (Å²) in [6.07, 6.45) is 3.40. The summed E-state index contributed by atoms with van der Waals surface area (Å²) in [7, 11) is 0. The maximum atomic E-state index is 12.4. The molecule has 0 bridgehead atoms. The zero-order valence-electron chi connectivity index (χ0n) is 13.6. The number of para-hydroxylation sites is 1. The van der Waals surface area contributed by atoms with E-state index in [1.165, 1.54) is 11.3 Å². The number of carbonyl (C=O) groups excluding carboxylic acids is 1. The van der Waals surface area contributed by atoms with Crippen LogP contribution in [-0.2, 0) is 6.61 Å². The van der Waals surface area contributed by atoms with Crippen LogP contribution in [0.15, 0.2) is 66.3 Å². The van der Waals surface area contributed by atoms with E-state index in [0.29, 0.717) is 22.3 Å². The second kappa shape index (κ2) is 8.93. The molecule has 3 N–H and O–H groups in total. The third-order valence-corrected chi connectivity index (χ3v) is 4.40. The van der Waals surface area contributed by atoms with E-state index in [4.69, 9.17) is 17.0 Å². The van der Waals surface area contributed by atoms with E-state index in [0.717, 1.165) is 11.3 Å². The van der Waals surface area contributed by atoms with Gasteiger partial charge < -0.3 is 10.1 Å². The highest BCUT2D eigenvalue weighted by Crippen LogP contribution is 2.25. The molecule has 1 aromatic carbocycles. The summed E-state index contributed by atoms with van der Waals surface area (Å²) in [5.74, 6) is 0.204. The Hall–Kier alpha value is -2.97. The molecule has 6 nitrogen and oxygen atoms in total. The summed E-state index contributed by atoms with van der Waals surface area (Å²) < 4.78 is 5.73. The Balaban J connectivity index is 1.52. The van der Waals surface area contributed by atoms with Crippen LogP contribution in [0.4, 0.5) is 5.69 Å². The lowest BCUT2D eigenvalue weighted by molar-refractivity contribution is 0.0944. The van der Waals surface area contributed by atoms with Gasteiger partial charge in [0.05, 0.1) is 0 Å². The van der Waals surface area contributed by atoms with E-state index >= 15 is 0 Å². The van der Waals surface area contributed by atoms with Gasteiger partial charge in [-0.3, -0.25) is 20.6 Å². The Kier molecular flexibility index (Phi) is 6.13. The Bertz CT molecular complexity index is 869. The van der Waals surface area contributed by atoms with E-state index in [-0.39, 0.29) is 5.91 Å². The van der Waals surface area contributed by atoms with Gasteiger partial charge in [0.25, 0.3) is 5.91 Å². The first-order valence-electron chi connectivity index (χ1n) is 7.74. The van der Waals surface area contributed by atoms with Crippen molar-refractivity contribution in [1.29, 1.82) is 0 Å². The minimum absolute atomic E-state index is 0.292. The second-order valence-corrected chi connectivity index (χ2v) is 6.48. The van der Waals surface area contributed by atoms with Crippen molar-refractivity contribution in [2.45, 2.75) is 6.61 Å². The van der Waals surface area contributed by atoms with Gasteiger partial charge in [-0.15, -0.1) is 11.3 Å². The number of nitrogens with zero attached hydrogens (tertiary/aromatic N) is 1. The number of rotatable bonds is 5. The minimum Gasteiger partial charge on any atom is -0.487 e. The lowest BCUT2D eigenvalue weighted by Crippen LogP contribution is -2.43. The number of carbonyl (C=O) groups is 1. The molecule has 0 spiro atoms. The van der Waals surface area contributed by atoms with Crippen molar-refractivity contribution < 1.29 is 9.53 Å². The highest BCUT2D eigenvalue weighted by atomic mass is 32.1. The zero-order chi connectivity index (χ0) is 18.2. The summed E-state index contributed by atoms with van der Waals surface area (Å²) in [5.41, 5.74) is 7.06. The largest absolute Gasteiger partial charge is 0.487 e. The number of amides is 1. The number of hydrogen-bond acceptors (Lipinski definition) is 5. The Morgan fingerprint density at radius 3 is 2.62 bits per heavy atom. The van der Waals surface area contributed by atoms with Crippen molar-refractivity contribution in [1.82, 2.24) is 15.8 Å². The van der Waals surface area contributed by atoms with Crippen molar-refractivity contribution in [3.05, 3.63) is 76.7 Å². The van der Waals surface area contributed by atoms with Crippen LogP contribution in [0.3, 0.4) is 0 Å². The lowest BCUT2D eigenvalue weighted by Gasteiger charge is -2.12. The van der Waals surface area contributed by atoms with Crippen LogP contribution in [0, 0.1) is 0 Å². The SMILES string of the molecule is O=C(NNC(=S)Nc1ccccc1)c1sccc1OCc1ccncc1. The van der Waals surface area contributed by atoms with E-state index in [1.54, 1.807) is 23.8 Å². The van der Waals surface area contributed by atoms with E-state index in [9.17, 15) is 4.79 Å². The van der Waals surface area contributed by atoms with Gasteiger partial charge in [0, 0.05) is 18.1 Å². The Labute approximate surface area is 160 Å². The first-order valence-corrected chi connectivity index (χ1v) is 9.03. The molecule has 2 aromatic heterocycles. The van der Waals surface area contributed by atoms with Crippen LogP contribution >= 0.6 is 23.6 Å². The summed E-state index contributed by atoms with van der Waals surface area (Å²) in [5, 5.41) is 5.07. The predicted octanol–water partition coefficient (Wildman–Crippen LogP) is 3.35. The number of anilines is 1. The normalized spacial score (nSPS) is 10.0. The molecular weight excluding hydrogens is 368 g/mol. The minimum atomic E-state index is -0.318. The molecule has 0 fully saturated rings. The van der Waals surface area contributed by atoms with Gasteiger partial charge in [0.15, 0.2) is 5.11 Å². The number of ether oxygens (including phenoxy) is 1. The quantitative estimate of drug-likeness (QED) is 0.463. The molecule has 132 valence electrons. The summed E-state index contributed by atoms with van der Waals surface area (Å²) in [4.78, 5) is 16.8. The molecular formula is C18H16N4O2S2. The second-order valence-electron chi connectivity index (χ2n) is 5.16.